The third-order valence-electron chi connectivity index (χ3n) is 5.08. The van der Waals surface area contributed by atoms with Crippen molar-refractivity contribution < 1.29 is 5.11 Å². The summed E-state index contributed by atoms with van der Waals surface area (Å²) in [6.45, 7) is 0. The summed E-state index contributed by atoms with van der Waals surface area (Å²) in [6.07, 6.45) is 0. The number of fused-ring (bicyclic) bond motifs is 2. The first-order valence-corrected chi connectivity index (χ1v) is 8.97. The van der Waals surface area contributed by atoms with Crippen molar-refractivity contribution in [2.24, 2.45) is 0 Å². The lowest BCUT2D eigenvalue weighted by molar-refractivity contribution is 0.117. The highest BCUT2D eigenvalue weighted by Gasteiger charge is 2.36. The molecular formula is C24H18N2O. The number of benzene rings is 4. The molecule has 2 N–H and O–H groups in total. The minimum absolute atomic E-state index is 0.519. The summed E-state index contributed by atoms with van der Waals surface area (Å²) in [6, 6.07) is 31.7. The monoisotopic (exact) mass is 350 g/mol. The van der Waals surface area contributed by atoms with Crippen molar-refractivity contribution in [3.05, 3.63) is 114 Å². The number of rotatable bonds is 3. The number of aromatic amines is 1. The molecule has 3 nitrogen and oxygen atoms in total. The molecule has 0 unspecified atom stereocenters. The van der Waals surface area contributed by atoms with Crippen LogP contribution in [0.5, 0.6) is 0 Å². The lowest BCUT2D eigenvalue weighted by Gasteiger charge is -2.27. The van der Waals surface area contributed by atoms with Crippen LogP contribution in [0, 0.1) is 0 Å². The highest BCUT2D eigenvalue weighted by Crippen LogP contribution is 2.36. The topological polar surface area (TPSA) is 48.9 Å². The summed E-state index contributed by atoms with van der Waals surface area (Å²) < 4.78 is 0. The van der Waals surface area contributed by atoms with Crippen LogP contribution in [0.2, 0.25) is 0 Å². The molecule has 3 heteroatoms. The highest BCUT2D eigenvalue weighted by molar-refractivity contribution is 5.95. The molecule has 0 radical (unpaired) electrons. The molecular weight excluding hydrogens is 332 g/mol. The van der Waals surface area contributed by atoms with Gasteiger partial charge in [0.25, 0.3) is 0 Å². The van der Waals surface area contributed by atoms with E-state index in [1.807, 2.05) is 72.8 Å². The van der Waals surface area contributed by atoms with Gasteiger partial charge in [-0.25, -0.2) is 4.98 Å². The fourth-order valence-corrected chi connectivity index (χ4v) is 3.67. The molecule has 0 aliphatic heterocycles. The fraction of sp³-hybridized carbons (Fsp3) is 0.0417. The van der Waals surface area contributed by atoms with Crippen LogP contribution in [0.1, 0.15) is 17.0 Å². The molecule has 0 fully saturated rings. The van der Waals surface area contributed by atoms with Crippen LogP contribution in [0.15, 0.2) is 97.1 Å². The second-order valence-corrected chi connectivity index (χ2v) is 6.74. The van der Waals surface area contributed by atoms with E-state index in [1.165, 1.54) is 0 Å². The number of hydrogen-bond acceptors (Lipinski definition) is 2. The summed E-state index contributed by atoms with van der Waals surface area (Å²) in [5.74, 6) is 0.519. The molecule has 1 heterocycles. The van der Waals surface area contributed by atoms with Crippen LogP contribution in [0.25, 0.3) is 21.8 Å². The molecule has 5 aromatic rings. The number of aliphatic hydroxyl groups is 1. The van der Waals surface area contributed by atoms with Crippen LogP contribution in [-0.4, -0.2) is 15.1 Å². The highest BCUT2D eigenvalue weighted by atomic mass is 16.3. The predicted octanol–water partition coefficient (Wildman–Crippen LogP) is 5.00. The summed E-state index contributed by atoms with van der Waals surface area (Å²) in [4.78, 5) is 8.15. The second-order valence-electron chi connectivity index (χ2n) is 6.74. The minimum atomic E-state index is -1.35. The van der Waals surface area contributed by atoms with Crippen molar-refractivity contribution >= 4 is 21.8 Å². The van der Waals surface area contributed by atoms with E-state index in [-0.39, 0.29) is 0 Å². The van der Waals surface area contributed by atoms with Gasteiger partial charge in [0.15, 0.2) is 5.60 Å². The Balaban J connectivity index is 1.78. The lowest BCUT2D eigenvalue weighted by atomic mass is 9.85. The zero-order chi connectivity index (χ0) is 18.3. The molecule has 0 aliphatic carbocycles. The first-order valence-electron chi connectivity index (χ1n) is 8.97. The predicted molar refractivity (Wildman–Crippen MR) is 109 cm³/mol. The standard InChI is InChI=1S/C24H18N2O/c27-24(19-11-3-1-4-12-19,20-13-5-2-6-14-20)23-25-21-15-17-9-7-8-10-18(17)16-22(21)26-23/h1-16,27H,(H,25,26). The number of nitrogens with zero attached hydrogens (tertiary/aromatic N) is 1. The van der Waals surface area contributed by atoms with E-state index in [0.29, 0.717) is 5.82 Å². The quantitative estimate of drug-likeness (QED) is 0.481. The van der Waals surface area contributed by atoms with Crippen molar-refractivity contribution in [3.8, 4) is 0 Å². The Bertz CT molecular complexity index is 1130. The molecule has 0 spiro atoms. The van der Waals surface area contributed by atoms with E-state index in [4.69, 9.17) is 4.98 Å². The Morgan fingerprint density at radius 2 is 1.19 bits per heavy atom. The van der Waals surface area contributed by atoms with Gasteiger partial charge in [0.05, 0.1) is 11.0 Å². The summed E-state index contributed by atoms with van der Waals surface area (Å²) in [5.41, 5.74) is 1.95. The van der Waals surface area contributed by atoms with E-state index in [2.05, 4.69) is 29.2 Å². The Hall–Kier alpha value is -3.43. The molecule has 5 rings (SSSR count). The van der Waals surface area contributed by atoms with Gasteiger partial charge in [-0.15, -0.1) is 0 Å². The Morgan fingerprint density at radius 1 is 0.667 bits per heavy atom. The number of hydrogen-bond donors (Lipinski definition) is 2. The smallest absolute Gasteiger partial charge is 0.173 e. The largest absolute Gasteiger partial charge is 0.373 e. The van der Waals surface area contributed by atoms with Gasteiger partial charge in [-0.3, -0.25) is 0 Å². The van der Waals surface area contributed by atoms with Crippen molar-refractivity contribution in [3.63, 3.8) is 0 Å². The Kier molecular flexibility index (Phi) is 3.56. The van der Waals surface area contributed by atoms with Crippen LogP contribution in [-0.2, 0) is 5.60 Å². The minimum Gasteiger partial charge on any atom is -0.373 e. The molecule has 0 bridgehead atoms. The van der Waals surface area contributed by atoms with Crippen LogP contribution < -0.4 is 0 Å². The Morgan fingerprint density at radius 3 is 1.78 bits per heavy atom. The SMILES string of the molecule is OC(c1ccccc1)(c1ccccc1)c1nc2cc3ccccc3cc2[nH]1. The molecule has 0 saturated heterocycles. The molecule has 130 valence electrons. The molecule has 1 aromatic heterocycles. The average molecular weight is 350 g/mol. The van der Waals surface area contributed by atoms with E-state index in [9.17, 15) is 5.11 Å². The van der Waals surface area contributed by atoms with Crippen LogP contribution in [0.3, 0.4) is 0 Å². The van der Waals surface area contributed by atoms with Crippen molar-refractivity contribution in [1.82, 2.24) is 9.97 Å². The maximum Gasteiger partial charge on any atom is 0.173 e. The van der Waals surface area contributed by atoms with Gasteiger partial charge in [-0.05, 0) is 34.0 Å². The lowest BCUT2D eigenvalue weighted by Crippen LogP contribution is -2.30. The summed E-state index contributed by atoms with van der Waals surface area (Å²) >= 11 is 0. The summed E-state index contributed by atoms with van der Waals surface area (Å²) in [5, 5.41) is 14.1. The molecule has 0 atom stereocenters. The van der Waals surface area contributed by atoms with Gasteiger partial charge >= 0.3 is 0 Å². The van der Waals surface area contributed by atoms with Gasteiger partial charge in [0.2, 0.25) is 0 Å². The molecule has 0 saturated carbocycles. The van der Waals surface area contributed by atoms with Crippen molar-refractivity contribution in [2.45, 2.75) is 5.60 Å². The normalized spacial score (nSPS) is 11.9. The Labute approximate surface area is 156 Å². The number of nitrogens with one attached hydrogen (secondary N) is 1. The van der Waals surface area contributed by atoms with Crippen LogP contribution in [0.4, 0.5) is 0 Å². The van der Waals surface area contributed by atoms with Gasteiger partial charge < -0.3 is 10.1 Å². The summed E-state index contributed by atoms with van der Waals surface area (Å²) in [7, 11) is 0. The third-order valence-corrected chi connectivity index (χ3v) is 5.08. The van der Waals surface area contributed by atoms with Gasteiger partial charge in [-0.2, -0.15) is 0 Å². The maximum atomic E-state index is 11.9. The van der Waals surface area contributed by atoms with E-state index >= 15 is 0 Å². The zero-order valence-corrected chi connectivity index (χ0v) is 14.6. The zero-order valence-electron chi connectivity index (χ0n) is 14.6. The number of aromatic nitrogens is 2. The van der Waals surface area contributed by atoms with E-state index < -0.39 is 5.60 Å². The van der Waals surface area contributed by atoms with Crippen molar-refractivity contribution in [1.29, 1.82) is 0 Å². The van der Waals surface area contributed by atoms with E-state index in [0.717, 1.165) is 32.9 Å². The first-order chi connectivity index (χ1) is 13.2. The molecule has 0 aliphatic rings. The average Bonchev–Trinajstić information content (AvgIpc) is 3.16. The third kappa shape index (κ3) is 2.52. The van der Waals surface area contributed by atoms with Gasteiger partial charge in [0, 0.05) is 0 Å². The van der Waals surface area contributed by atoms with Gasteiger partial charge in [0.1, 0.15) is 5.82 Å². The second kappa shape index (κ2) is 6.08. The molecule has 27 heavy (non-hydrogen) atoms. The van der Waals surface area contributed by atoms with E-state index in [1.54, 1.807) is 0 Å². The molecule has 0 amide bonds. The van der Waals surface area contributed by atoms with Crippen molar-refractivity contribution in [2.75, 3.05) is 0 Å². The van der Waals surface area contributed by atoms with Crippen LogP contribution >= 0.6 is 0 Å². The van der Waals surface area contributed by atoms with Gasteiger partial charge in [-0.1, -0.05) is 84.9 Å². The number of H-pyrrole nitrogens is 1. The maximum absolute atomic E-state index is 11.9. The first kappa shape index (κ1) is 15.8. The number of imidazole rings is 1. The fourth-order valence-electron chi connectivity index (χ4n) is 3.67. The molecule has 4 aromatic carbocycles.